The zero-order valence-corrected chi connectivity index (χ0v) is 9.50. The second-order valence-electron chi connectivity index (χ2n) is 3.39. The Morgan fingerprint density at radius 1 is 1.41 bits per heavy atom. The number of rotatable bonds is 3. The van der Waals surface area contributed by atoms with Crippen LogP contribution in [0.3, 0.4) is 0 Å². The Morgan fingerprint density at radius 2 is 2.24 bits per heavy atom. The molecule has 0 saturated heterocycles. The van der Waals surface area contributed by atoms with Crippen molar-refractivity contribution in [1.29, 1.82) is 0 Å². The van der Waals surface area contributed by atoms with Crippen LogP contribution in [0.1, 0.15) is 16.1 Å². The summed E-state index contributed by atoms with van der Waals surface area (Å²) in [5.74, 6) is -0.208. The fraction of sp³-hybridized carbons (Fsp3) is 0.0833. The minimum absolute atomic E-state index is 0.0851. The first-order chi connectivity index (χ1) is 8.16. The maximum atomic E-state index is 12.8. The van der Waals surface area contributed by atoms with E-state index >= 15 is 0 Å². The third-order valence-corrected chi connectivity index (χ3v) is 2.49. The maximum Gasteiger partial charge on any atom is 0.253 e. The minimum atomic E-state index is -0.474. The van der Waals surface area contributed by atoms with Crippen molar-refractivity contribution in [2.75, 3.05) is 0 Å². The van der Waals surface area contributed by atoms with Gasteiger partial charge in [-0.1, -0.05) is 11.6 Å². The Balaban J connectivity index is 2.04. The van der Waals surface area contributed by atoms with Gasteiger partial charge in [-0.3, -0.25) is 4.79 Å². The highest BCUT2D eigenvalue weighted by molar-refractivity contribution is 6.33. The predicted octanol–water partition coefficient (Wildman–Crippen LogP) is 3.00. The van der Waals surface area contributed by atoms with Crippen molar-refractivity contribution in [2.24, 2.45) is 0 Å². The smallest absolute Gasteiger partial charge is 0.253 e. The first-order valence-corrected chi connectivity index (χ1v) is 5.30. The van der Waals surface area contributed by atoms with Crippen LogP contribution >= 0.6 is 11.6 Å². The number of carbonyl (C=O) groups is 1. The molecule has 1 amide bonds. The van der Waals surface area contributed by atoms with Gasteiger partial charge >= 0.3 is 0 Å². The van der Waals surface area contributed by atoms with E-state index in [9.17, 15) is 9.18 Å². The van der Waals surface area contributed by atoms with Crippen molar-refractivity contribution in [3.63, 3.8) is 0 Å². The largest absolute Gasteiger partial charge is 0.467 e. The highest BCUT2D eigenvalue weighted by Crippen LogP contribution is 2.17. The molecule has 5 heteroatoms. The molecule has 0 radical (unpaired) electrons. The van der Waals surface area contributed by atoms with Crippen molar-refractivity contribution >= 4 is 17.5 Å². The number of halogens is 2. The van der Waals surface area contributed by atoms with Crippen LogP contribution in [0.4, 0.5) is 4.39 Å². The van der Waals surface area contributed by atoms with E-state index in [0.717, 1.165) is 6.07 Å². The molecule has 0 fully saturated rings. The van der Waals surface area contributed by atoms with Gasteiger partial charge in [0, 0.05) is 0 Å². The van der Waals surface area contributed by atoms with Crippen molar-refractivity contribution in [2.45, 2.75) is 6.54 Å². The summed E-state index contributed by atoms with van der Waals surface area (Å²) < 4.78 is 17.9. The molecule has 0 saturated carbocycles. The van der Waals surface area contributed by atoms with Gasteiger partial charge in [-0.2, -0.15) is 0 Å². The van der Waals surface area contributed by atoms with E-state index < -0.39 is 5.82 Å². The monoisotopic (exact) mass is 253 g/mol. The highest BCUT2D eigenvalue weighted by atomic mass is 35.5. The van der Waals surface area contributed by atoms with E-state index in [1.165, 1.54) is 18.4 Å². The van der Waals surface area contributed by atoms with Crippen molar-refractivity contribution in [1.82, 2.24) is 5.32 Å². The zero-order chi connectivity index (χ0) is 12.3. The Hall–Kier alpha value is -1.81. The molecule has 88 valence electrons. The van der Waals surface area contributed by atoms with E-state index in [1.807, 2.05) is 0 Å². The predicted molar refractivity (Wildman–Crippen MR) is 61.3 cm³/mol. The minimum Gasteiger partial charge on any atom is -0.467 e. The fourth-order valence-corrected chi connectivity index (χ4v) is 1.60. The molecule has 3 nitrogen and oxygen atoms in total. The van der Waals surface area contributed by atoms with Crippen LogP contribution in [0, 0.1) is 5.82 Å². The van der Waals surface area contributed by atoms with E-state index in [4.69, 9.17) is 16.0 Å². The normalized spacial score (nSPS) is 10.2. The number of hydrogen-bond acceptors (Lipinski definition) is 2. The lowest BCUT2D eigenvalue weighted by Crippen LogP contribution is -2.22. The van der Waals surface area contributed by atoms with Gasteiger partial charge < -0.3 is 9.73 Å². The molecule has 1 aromatic carbocycles. The number of furan rings is 1. The molecule has 17 heavy (non-hydrogen) atoms. The lowest BCUT2D eigenvalue weighted by Gasteiger charge is -2.05. The molecule has 1 aromatic heterocycles. The van der Waals surface area contributed by atoms with Crippen LogP contribution in [0.2, 0.25) is 5.02 Å². The SMILES string of the molecule is O=C(NCc1ccco1)c1ccc(F)cc1Cl. The molecular weight excluding hydrogens is 245 g/mol. The molecule has 1 heterocycles. The van der Waals surface area contributed by atoms with Crippen molar-refractivity contribution in [3.05, 3.63) is 58.8 Å². The molecule has 0 bridgehead atoms. The van der Waals surface area contributed by atoms with Crippen molar-refractivity contribution in [3.8, 4) is 0 Å². The number of nitrogens with one attached hydrogen (secondary N) is 1. The van der Waals surface area contributed by atoms with Gasteiger partial charge in [-0.05, 0) is 30.3 Å². The first kappa shape index (κ1) is 11.7. The summed E-state index contributed by atoms with van der Waals surface area (Å²) in [6.45, 7) is 0.263. The first-order valence-electron chi connectivity index (χ1n) is 4.92. The van der Waals surface area contributed by atoms with Crippen molar-refractivity contribution < 1.29 is 13.6 Å². The van der Waals surface area contributed by atoms with Crippen LogP contribution in [0.25, 0.3) is 0 Å². The molecule has 1 N–H and O–H groups in total. The van der Waals surface area contributed by atoms with Gasteiger partial charge in [0.2, 0.25) is 0 Å². The summed E-state index contributed by atoms with van der Waals surface area (Å²) in [4.78, 5) is 11.7. The molecule has 2 aromatic rings. The molecule has 0 unspecified atom stereocenters. The van der Waals surface area contributed by atoms with Crippen LogP contribution in [-0.4, -0.2) is 5.91 Å². The second kappa shape index (κ2) is 5.01. The van der Waals surface area contributed by atoms with E-state index in [2.05, 4.69) is 5.32 Å². The van der Waals surface area contributed by atoms with Crippen LogP contribution in [0.5, 0.6) is 0 Å². The average molecular weight is 254 g/mol. The maximum absolute atomic E-state index is 12.8. The number of hydrogen-bond donors (Lipinski definition) is 1. The molecule has 0 aliphatic rings. The molecule has 2 rings (SSSR count). The fourth-order valence-electron chi connectivity index (χ4n) is 1.35. The average Bonchev–Trinajstić information content (AvgIpc) is 2.78. The van der Waals surface area contributed by atoms with E-state index in [-0.39, 0.29) is 23.0 Å². The Labute approximate surface area is 102 Å². The van der Waals surface area contributed by atoms with E-state index in [0.29, 0.717) is 5.76 Å². The van der Waals surface area contributed by atoms with Crippen LogP contribution in [0.15, 0.2) is 41.0 Å². The molecular formula is C12H9ClFNO2. The standard InChI is InChI=1S/C12H9ClFNO2/c13-11-6-8(14)3-4-10(11)12(16)15-7-9-2-1-5-17-9/h1-6H,7H2,(H,15,16). The molecule has 0 aliphatic carbocycles. The summed E-state index contributed by atoms with van der Waals surface area (Å²) in [5.41, 5.74) is 0.236. The zero-order valence-electron chi connectivity index (χ0n) is 8.74. The van der Waals surface area contributed by atoms with Gasteiger partial charge in [-0.25, -0.2) is 4.39 Å². The van der Waals surface area contributed by atoms with Gasteiger partial charge in [0.15, 0.2) is 0 Å². The summed E-state index contributed by atoms with van der Waals surface area (Å²) >= 11 is 5.76. The van der Waals surface area contributed by atoms with Gasteiger partial charge in [0.1, 0.15) is 11.6 Å². The summed E-state index contributed by atoms with van der Waals surface area (Å²) in [6, 6.07) is 7.10. The molecule has 0 aliphatic heterocycles. The lowest BCUT2D eigenvalue weighted by atomic mass is 10.2. The lowest BCUT2D eigenvalue weighted by molar-refractivity contribution is 0.0948. The third-order valence-electron chi connectivity index (χ3n) is 2.18. The number of amides is 1. The van der Waals surface area contributed by atoms with E-state index in [1.54, 1.807) is 12.1 Å². The van der Waals surface area contributed by atoms with Gasteiger partial charge in [0.25, 0.3) is 5.91 Å². The third kappa shape index (κ3) is 2.85. The summed E-state index contributed by atoms with van der Waals surface area (Å²) in [7, 11) is 0. The number of carbonyl (C=O) groups excluding carboxylic acids is 1. The molecule has 0 spiro atoms. The Kier molecular flexibility index (Phi) is 3.44. The second-order valence-corrected chi connectivity index (χ2v) is 3.79. The van der Waals surface area contributed by atoms with Gasteiger partial charge in [-0.15, -0.1) is 0 Å². The Morgan fingerprint density at radius 3 is 2.88 bits per heavy atom. The molecule has 0 atom stereocenters. The quantitative estimate of drug-likeness (QED) is 0.914. The van der Waals surface area contributed by atoms with Crippen LogP contribution < -0.4 is 5.32 Å². The van der Waals surface area contributed by atoms with Crippen LogP contribution in [-0.2, 0) is 6.54 Å². The Bertz CT molecular complexity index is 525. The van der Waals surface area contributed by atoms with Gasteiger partial charge in [0.05, 0.1) is 23.4 Å². The topological polar surface area (TPSA) is 42.2 Å². The number of benzene rings is 1. The summed E-state index contributed by atoms with van der Waals surface area (Å²) in [5, 5.41) is 2.71. The highest BCUT2D eigenvalue weighted by Gasteiger charge is 2.11. The summed E-state index contributed by atoms with van der Waals surface area (Å²) in [6.07, 6.45) is 1.52.